The Morgan fingerprint density at radius 3 is 2.85 bits per heavy atom. The minimum absolute atomic E-state index is 0.0961. The number of rotatable bonds is 1. The van der Waals surface area contributed by atoms with E-state index in [-0.39, 0.29) is 17.5 Å². The van der Waals surface area contributed by atoms with Crippen molar-refractivity contribution >= 4 is 17.0 Å². The number of fused-ring (bicyclic) bond motifs is 2. The predicted molar refractivity (Wildman–Crippen MR) is 72.3 cm³/mol. The number of nitrogen functional groups attached to an aromatic ring is 1. The van der Waals surface area contributed by atoms with Gasteiger partial charge in [0.05, 0.1) is 11.6 Å². The van der Waals surface area contributed by atoms with Gasteiger partial charge in [-0.3, -0.25) is 4.90 Å². The van der Waals surface area contributed by atoms with E-state index in [4.69, 9.17) is 5.73 Å². The summed E-state index contributed by atoms with van der Waals surface area (Å²) in [6, 6.07) is 3.06. The summed E-state index contributed by atoms with van der Waals surface area (Å²) in [4.78, 5) is 6.60. The summed E-state index contributed by atoms with van der Waals surface area (Å²) in [5, 5.41) is 0. The molecule has 2 aliphatic rings. The highest BCUT2D eigenvalue weighted by molar-refractivity contribution is 5.79. The molecule has 6 heteroatoms. The van der Waals surface area contributed by atoms with Gasteiger partial charge in [-0.2, -0.15) is 0 Å². The molecule has 2 N–H and O–H groups in total. The van der Waals surface area contributed by atoms with Gasteiger partial charge in [-0.15, -0.1) is 0 Å². The average molecular weight is 278 g/mol. The fraction of sp³-hybridized carbons (Fsp3) is 0.500. The smallest absolute Gasteiger partial charge is 0.201 e. The molecule has 106 valence electrons. The highest BCUT2D eigenvalue weighted by Gasteiger charge is 2.39. The summed E-state index contributed by atoms with van der Waals surface area (Å²) in [5.41, 5.74) is 6.62. The molecule has 1 aromatic heterocycles. The second kappa shape index (κ2) is 4.15. The predicted octanol–water partition coefficient (Wildman–Crippen LogP) is 2.31. The van der Waals surface area contributed by atoms with Crippen LogP contribution >= 0.6 is 0 Å². The van der Waals surface area contributed by atoms with Crippen LogP contribution in [0.4, 0.5) is 14.7 Å². The standard InChI is InChI=1S/C14H16F2N4/c15-8-3-4-9-13(12(8)16)20(14(17)18-9)11-5-7-19-6-1-2-10(11)19/h3-4,10-11H,1-2,5-7H2,(H2,17,18). The lowest BCUT2D eigenvalue weighted by atomic mass is 10.1. The Hall–Kier alpha value is -1.69. The molecule has 0 saturated carbocycles. The minimum Gasteiger partial charge on any atom is -0.369 e. The van der Waals surface area contributed by atoms with Crippen LogP contribution in [-0.4, -0.2) is 33.6 Å². The van der Waals surface area contributed by atoms with Gasteiger partial charge in [-0.25, -0.2) is 13.8 Å². The molecule has 0 spiro atoms. The number of nitrogens with zero attached hydrogens (tertiary/aromatic N) is 3. The van der Waals surface area contributed by atoms with Crippen LogP contribution in [0.2, 0.25) is 0 Å². The maximum atomic E-state index is 14.2. The van der Waals surface area contributed by atoms with Crippen LogP contribution in [0.3, 0.4) is 0 Å². The lowest BCUT2D eigenvalue weighted by Gasteiger charge is -2.23. The SMILES string of the molecule is Nc1nc2ccc(F)c(F)c2n1C1CCN2CCCC12. The van der Waals surface area contributed by atoms with Crippen molar-refractivity contribution in [2.75, 3.05) is 18.8 Å². The van der Waals surface area contributed by atoms with Gasteiger partial charge in [0.15, 0.2) is 11.6 Å². The fourth-order valence-corrected chi connectivity index (χ4v) is 3.83. The lowest BCUT2D eigenvalue weighted by molar-refractivity contribution is 0.292. The van der Waals surface area contributed by atoms with Crippen molar-refractivity contribution in [2.45, 2.75) is 31.3 Å². The molecule has 3 heterocycles. The summed E-state index contributed by atoms with van der Waals surface area (Å²) < 4.78 is 29.4. The Bertz CT molecular complexity index is 681. The topological polar surface area (TPSA) is 47.1 Å². The second-order valence-corrected chi connectivity index (χ2v) is 5.67. The van der Waals surface area contributed by atoms with E-state index in [0.717, 1.165) is 38.4 Å². The number of nitrogens with two attached hydrogens (primary N) is 1. The van der Waals surface area contributed by atoms with Gasteiger partial charge in [-0.05, 0) is 37.9 Å². The van der Waals surface area contributed by atoms with Crippen LogP contribution in [0.15, 0.2) is 12.1 Å². The van der Waals surface area contributed by atoms with E-state index in [1.807, 2.05) is 0 Å². The summed E-state index contributed by atoms with van der Waals surface area (Å²) in [7, 11) is 0. The van der Waals surface area contributed by atoms with E-state index in [0.29, 0.717) is 11.6 Å². The van der Waals surface area contributed by atoms with Gasteiger partial charge in [0.1, 0.15) is 5.52 Å². The van der Waals surface area contributed by atoms with Crippen LogP contribution in [0.5, 0.6) is 0 Å². The van der Waals surface area contributed by atoms with Crippen LogP contribution in [-0.2, 0) is 0 Å². The Balaban J connectivity index is 1.91. The molecule has 2 fully saturated rings. The van der Waals surface area contributed by atoms with Crippen LogP contribution in [0, 0.1) is 11.6 Å². The number of aromatic nitrogens is 2. The molecule has 2 aromatic rings. The lowest BCUT2D eigenvalue weighted by Crippen LogP contribution is -2.28. The summed E-state index contributed by atoms with van der Waals surface area (Å²) in [6.45, 7) is 2.08. The van der Waals surface area contributed by atoms with E-state index in [9.17, 15) is 8.78 Å². The molecule has 0 radical (unpaired) electrons. The first-order chi connectivity index (χ1) is 9.66. The van der Waals surface area contributed by atoms with Gasteiger partial charge < -0.3 is 10.3 Å². The highest BCUT2D eigenvalue weighted by Crippen LogP contribution is 2.39. The maximum absolute atomic E-state index is 14.2. The number of benzene rings is 1. The fourth-order valence-electron chi connectivity index (χ4n) is 3.83. The first-order valence-electron chi connectivity index (χ1n) is 7.02. The number of hydrogen-bond donors (Lipinski definition) is 1. The van der Waals surface area contributed by atoms with Gasteiger partial charge in [0.25, 0.3) is 0 Å². The van der Waals surface area contributed by atoms with E-state index in [2.05, 4.69) is 9.88 Å². The first-order valence-corrected chi connectivity index (χ1v) is 7.02. The van der Waals surface area contributed by atoms with Crippen molar-refractivity contribution in [3.8, 4) is 0 Å². The monoisotopic (exact) mass is 278 g/mol. The zero-order chi connectivity index (χ0) is 13.9. The summed E-state index contributed by atoms with van der Waals surface area (Å²) >= 11 is 0. The Kier molecular flexibility index (Phi) is 2.51. The van der Waals surface area contributed by atoms with E-state index >= 15 is 0 Å². The zero-order valence-corrected chi connectivity index (χ0v) is 11.0. The van der Waals surface area contributed by atoms with E-state index in [1.54, 1.807) is 4.57 Å². The van der Waals surface area contributed by atoms with Crippen molar-refractivity contribution in [1.29, 1.82) is 0 Å². The quantitative estimate of drug-likeness (QED) is 0.870. The molecule has 2 atom stereocenters. The number of anilines is 1. The average Bonchev–Trinajstić information content (AvgIpc) is 3.08. The molecule has 2 unspecified atom stereocenters. The molecule has 2 saturated heterocycles. The molecule has 4 rings (SSSR count). The van der Waals surface area contributed by atoms with E-state index in [1.165, 1.54) is 6.07 Å². The van der Waals surface area contributed by atoms with Crippen LogP contribution < -0.4 is 5.73 Å². The van der Waals surface area contributed by atoms with E-state index < -0.39 is 11.6 Å². The number of hydrogen-bond acceptors (Lipinski definition) is 3. The van der Waals surface area contributed by atoms with Crippen molar-refractivity contribution in [2.24, 2.45) is 0 Å². The third-order valence-corrected chi connectivity index (χ3v) is 4.67. The minimum atomic E-state index is -0.847. The molecular weight excluding hydrogens is 262 g/mol. The third-order valence-electron chi connectivity index (χ3n) is 4.67. The van der Waals surface area contributed by atoms with Crippen LogP contribution in [0.1, 0.15) is 25.3 Å². The Morgan fingerprint density at radius 2 is 2.00 bits per heavy atom. The van der Waals surface area contributed by atoms with Crippen molar-refractivity contribution < 1.29 is 8.78 Å². The van der Waals surface area contributed by atoms with Gasteiger partial charge in [0.2, 0.25) is 5.95 Å². The van der Waals surface area contributed by atoms with Crippen molar-refractivity contribution in [3.05, 3.63) is 23.8 Å². The van der Waals surface area contributed by atoms with Gasteiger partial charge in [0, 0.05) is 12.6 Å². The molecule has 2 aliphatic heterocycles. The molecule has 4 nitrogen and oxygen atoms in total. The van der Waals surface area contributed by atoms with Gasteiger partial charge in [-0.1, -0.05) is 0 Å². The summed E-state index contributed by atoms with van der Waals surface area (Å²) in [5.74, 6) is -1.41. The van der Waals surface area contributed by atoms with Crippen molar-refractivity contribution in [3.63, 3.8) is 0 Å². The number of imidazole rings is 1. The van der Waals surface area contributed by atoms with Gasteiger partial charge >= 0.3 is 0 Å². The molecule has 1 aromatic carbocycles. The Labute approximate surface area is 115 Å². The normalized spacial score (nSPS) is 26.5. The molecule has 0 bridgehead atoms. The second-order valence-electron chi connectivity index (χ2n) is 5.67. The Morgan fingerprint density at radius 1 is 1.15 bits per heavy atom. The maximum Gasteiger partial charge on any atom is 0.201 e. The number of halogens is 2. The van der Waals surface area contributed by atoms with Crippen LogP contribution in [0.25, 0.3) is 11.0 Å². The molecular formula is C14H16F2N4. The highest BCUT2D eigenvalue weighted by atomic mass is 19.2. The summed E-state index contributed by atoms with van der Waals surface area (Å²) in [6.07, 6.45) is 3.15. The zero-order valence-electron chi connectivity index (χ0n) is 11.0. The molecule has 0 aliphatic carbocycles. The molecule has 0 amide bonds. The first kappa shape index (κ1) is 12.1. The third kappa shape index (κ3) is 1.51. The largest absolute Gasteiger partial charge is 0.369 e. The molecule has 20 heavy (non-hydrogen) atoms. The van der Waals surface area contributed by atoms with Crippen molar-refractivity contribution in [1.82, 2.24) is 14.5 Å².